The number of hydrogen-bond acceptors (Lipinski definition) is 2. The summed E-state index contributed by atoms with van der Waals surface area (Å²) in [6.45, 7) is 5.83. The fourth-order valence-corrected chi connectivity index (χ4v) is 3.24. The Bertz CT molecular complexity index is 933. The van der Waals surface area contributed by atoms with E-state index < -0.39 is 11.7 Å². The molecular weight excluding hydrogens is 373 g/mol. The van der Waals surface area contributed by atoms with Crippen LogP contribution in [0.2, 0.25) is 0 Å². The van der Waals surface area contributed by atoms with E-state index in [1.807, 2.05) is 18.2 Å². The predicted molar refractivity (Wildman–Crippen MR) is 112 cm³/mol. The molecule has 0 saturated carbocycles. The van der Waals surface area contributed by atoms with Gasteiger partial charge in [0, 0.05) is 18.7 Å². The summed E-state index contributed by atoms with van der Waals surface area (Å²) in [5.41, 5.74) is 3.11. The summed E-state index contributed by atoms with van der Waals surface area (Å²) in [6.07, 6.45) is -2.22. The molecule has 0 spiro atoms. The Balaban J connectivity index is 1.87. The molecule has 0 saturated heterocycles. The summed E-state index contributed by atoms with van der Waals surface area (Å²) in [5.74, 6) is 0.831. The van der Waals surface area contributed by atoms with E-state index in [2.05, 4.69) is 43.0 Å². The number of aromatic nitrogens is 1. The minimum atomic E-state index is -4.33. The van der Waals surface area contributed by atoms with Gasteiger partial charge in [0.1, 0.15) is 5.82 Å². The minimum Gasteiger partial charge on any atom is -0.352 e. The number of benzene rings is 2. The fraction of sp³-hybridized carbons (Fsp3) is 0.292. The van der Waals surface area contributed by atoms with Crippen LogP contribution in [0.5, 0.6) is 0 Å². The summed E-state index contributed by atoms with van der Waals surface area (Å²) in [7, 11) is 0. The third kappa shape index (κ3) is 5.59. The molecular formula is C24H25F3N2. The first-order valence-corrected chi connectivity index (χ1v) is 9.82. The average molecular weight is 398 g/mol. The predicted octanol–water partition coefficient (Wildman–Crippen LogP) is 6.88. The summed E-state index contributed by atoms with van der Waals surface area (Å²) in [6, 6.07) is 19.2. The third-order valence-electron chi connectivity index (χ3n) is 4.80. The highest BCUT2D eigenvalue weighted by atomic mass is 19.4. The molecule has 1 heterocycles. The largest absolute Gasteiger partial charge is 0.416 e. The monoisotopic (exact) mass is 398 g/mol. The number of unbranched alkanes of at least 4 members (excludes halogenated alkanes) is 1. The van der Waals surface area contributed by atoms with Gasteiger partial charge in [0.25, 0.3) is 0 Å². The molecule has 3 rings (SSSR count). The quantitative estimate of drug-likeness (QED) is 0.431. The Morgan fingerprint density at radius 1 is 0.931 bits per heavy atom. The van der Waals surface area contributed by atoms with Gasteiger partial charge < -0.3 is 4.90 Å². The summed E-state index contributed by atoms with van der Waals surface area (Å²) in [4.78, 5) is 6.98. The molecule has 0 amide bonds. The second-order valence-electron chi connectivity index (χ2n) is 7.22. The molecule has 0 aliphatic heterocycles. The van der Waals surface area contributed by atoms with Gasteiger partial charge in [0.05, 0.1) is 11.3 Å². The third-order valence-corrected chi connectivity index (χ3v) is 4.80. The van der Waals surface area contributed by atoms with Crippen LogP contribution in [0.25, 0.3) is 11.3 Å². The number of pyridine rings is 1. The molecule has 0 radical (unpaired) electrons. The molecule has 2 nitrogen and oxygen atoms in total. The van der Waals surface area contributed by atoms with Gasteiger partial charge in [0.15, 0.2) is 0 Å². The van der Waals surface area contributed by atoms with Crippen LogP contribution in [0.15, 0.2) is 66.7 Å². The van der Waals surface area contributed by atoms with E-state index in [1.54, 1.807) is 0 Å². The lowest BCUT2D eigenvalue weighted by atomic mass is 10.1. The molecule has 0 N–H and O–H groups in total. The van der Waals surface area contributed by atoms with Crippen molar-refractivity contribution in [3.8, 4) is 11.3 Å². The zero-order valence-electron chi connectivity index (χ0n) is 16.7. The number of nitrogens with zero attached hydrogens (tertiary/aromatic N) is 2. The smallest absolute Gasteiger partial charge is 0.352 e. The summed E-state index contributed by atoms with van der Waals surface area (Å²) in [5, 5.41) is 0. The highest BCUT2D eigenvalue weighted by Gasteiger charge is 2.30. The van der Waals surface area contributed by atoms with Crippen molar-refractivity contribution in [2.75, 3.05) is 11.4 Å². The van der Waals surface area contributed by atoms with Gasteiger partial charge in [-0.15, -0.1) is 0 Å². The highest BCUT2D eigenvalue weighted by molar-refractivity contribution is 5.62. The molecule has 0 fully saturated rings. The van der Waals surface area contributed by atoms with Crippen molar-refractivity contribution in [1.82, 2.24) is 4.98 Å². The van der Waals surface area contributed by atoms with E-state index in [-0.39, 0.29) is 0 Å². The van der Waals surface area contributed by atoms with Crippen LogP contribution < -0.4 is 4.90 Å². The molecule has 1 aromatic heterocycles. The molecule has 2 aromatic carbocycles. The second-order valence-corrected chi connectivity index (χ2v) is 7.22. The molecule has 0 unspecified atom stereocenters. The average Bonchev–Trinajstić information content (AvgIpc) is 2.71. The Morgan fingerprint density at radius 3 is 2.31 bits per heavy atom. The van der Waals surface area contributed by atoms with E-state index in [0.717, 1.165) is 43.9 Å². The number of aryl methyl sites for hydroxylation is 1. The van der Waals surface area contributed by atoms with Gasteiger partial charge in [-0.25, -0.2) is 4.98 Å². The molecule has 0 aliphatic carbocycles. The van der Waals surface area contributed by atoms with E-state index in [9.17, 15) is 13.2 Å². The zero-order chi connectivity index (χ0) is 20.9. The first-order valence-electron chi connectivity index (χ1n) is 9.82. The van der Waals surface area contributed by atoms with Gasteiger partial charge in [-0.1, -0.05) is 61.4 Å². The normalized spacial score (nSPS) is 11.5. The Labute approximate surface area is 170 Å². The molecule has 5 heteroatoms. The van der Waals surface area contributed by atoms with Crippen molar-refractivity contribution in [3.05, 3.63) is 83.4 Å². The van der Waals surface area contributed by atoms with Gasteiger partial charge in [-0.2, -0.15) is 13.2 Å². The molecule has 0 bridgehead atoms. The van der Waals surface area contributed by atoms with Gasteiger partial charge >= 0.3 is 6.18 Å². The molecule has 3 aromatic rings. The first-order chi connectivity index (χ1) is 13.9. The van der Waals surface area contributed by atoms with Crippen LogP contribution in [0.1, 0.15) is 36.5 Å². The van der Waals surface area contributed by atoms with E-state index in [1.165, 1.54) is 23.3 Å². The number of rotatable bonds is 7. The number of hydrogen-bond donors (Lipinski definition) is 0. The zero-order valence-corrected chi connectivity index (χ0v) is 16.7. The maximum Gasteiger partial charge on any atom is 0.416 e. The first kappa shape index (κ1) is 20.9. The lowest BCUT2D eigenvalue weighted by Gasteiger charge is -2.24. The van der Waals surface area contributed by atoms with Crippen LogP contribution in [0.3, 0.4) is 0 Å². The summed E-state index contributed by atoms with van der Waals surface area (Å²) < 4.78 is 38.5. The van der Waals surface area contributed by atoms with Crippen molar-refractivity contribution in [2.45, 2.75) is 39.4 Å². The van der Waals surface area contributed by atoms with Crippen molar-refractivity contribution in [3.63, 3.8) is 0 Å². The Hall–Kier alpha value is -2.82. The van der Waals surface area contributed by atoms with Crippen LogP contribution in [-0.4, -0.2) is 11.5 Å². The Morgan fingerprint density at radius 2 is 1.66 bits per heavy atom. The highest BCUT2D eigenvalue weighted by Crippen LogP contribution is 2.31. The maximum absolute atomic E-state index is 12.8. The minimum absolute atomic E-state index is 0.651. The fourth-order valence-electron chi connectivity index (χ4n) is 3.24. The van der Waals surface area contributed by atoms with Crippen LogP contribution >= 0.6 is 0 Å². The van der Waals surface area contributed by atoms with Gasteiger partial charge in [-0.3, -0.25) is 0 Å². The van der Waals surface area contributed by atoms with Crippen molar-refractivity contribution in [1.29, 1.82) is 0 Å². The van der Waals surface area contributed by atoms with Crippen LogP contribution in [-0.2, 0) is 12.7 Å². The van der Waals surface area contributed by atoms with Crippen LogP contribution in [0, 0.1) is 6.92 Å². The van der Waals surface area contributed by atoms with Crippen molar-refractivity contribution < 1.29 is 13.2 Å². The molecule has 152 valence electrons. The second kappa shape index (κ2) is 9.12. The SMILES string of the molecule is CCCCN(Cc1cccc(C)c1)c1cccc(-c2ccc(C(F)(F)F)cc2)n1. The van der Waals surface area contributed by atoms with E-state index >= 15 is 0 Å². The molecule has 0 atom stereocenters. The summed E-state index contributed by atoms with van der Waals surface area (Å²) >= 11 is 0. The topological polar surface area (TPSA) is 16.1 Å². The number of alkyl halides is 3. The molecule has 29 heavy (non-hydrogen) atoms. The number of halogens is 3. The van der Waals surface area contributed by atoms with E-state index in [0.29, 0.717) is 11.3 Å². The van der Waals surface area contributed by atoms with Crippen LogP contribution in [0.4, 0.5) is 19.0 Å². The lowest BCUT2D eigenvalue weighted by molar-refractivity contribution is -0.137. The maximum atomic E-state index is 12.8. The van der Waals surface area contributed by atoms with E-state index in [4.69, 9.17) is 4.98 Å². The van der Waals surface area contributed by atoms with Gasteiger partial charge in [0.2, 0.25) is 0 Å². The number of anilines is 1. The van der Waals surface area contributed by atoms with Crippen molar-refractivity contribution >= 4 is 5.82 Å². The van der Waals surface area contributed by atoms with Gasteiger partial charge in [-0.05, 0) is 43.2 Å². The standard InChI is InChI=1S/C24H25F3N2/c1-3-4-15-29(17-19-8-5-7-18(2)16-19)23-10-6-9-22(28-23)20-11-13-21(14-12-20)24(25,26)27/h5-14,16H,3-4,15,17H2,1-2H3. The van der Waals surface area contributed by atoms with Crippen molar-refractivity contribution in [2.24, 2.45) is 0 Å². The lowest BCUT2D eigenvalue weighted by Crippen LogP contribution is -2.25. The Kier molecular flexibility index (Phi) is 6.57. The molecule has 0 aliphatic rings.